The van der Waals surface area contributed by atoms with E-state index in [0.29, 0.717) is 19.4 Å². The second-order valence-electron chi connectivity index (χ2n) is 5.51. The van der Waals surface area contributed by atoms with E-state index in [0.717, 1.165) is 0 Å². The standard InChI is InChI=1S/C11H22N2O4S/c1-9(2)8-12-18(16,17)13-6-4-11(3,5-7-13)10(14)15/h9,12H,4-8H2,1-3H3,(H,14,15). The summed E-state index contributed by atoms with van der Waals surface area (Å²) in [5.41, 5.74) is -0.802. The Balaban J connectivity index is 2.60. The van der Waals surface area contributed by atoms with Gasteiger partial charge in [-0.1, -0.05) is 13.8 Å². The monoisotopic (exact) mass is 278 g/mol. The summed E-state index contributed by atoms with van der Waals surface area (Å²) in [5.74, 6) is -0.608. The topological polar surface area (TPSA) is 86.7 Å². The van der Waals surface area contributed by atoms with Crippen molar-refractivity contribution in [3.8, 4) is 0 Å². The number of carbonyl (C=O) groups is 1. The molecule has 0 aromatic carbocycles. The van der Waals surface area contributed by atoms with Crippen molar-refractivity contribution < 1.29 is 18.3 Å². The summed E-state index contributed by atoms with van der Waals surface area (Å²) >= 11 is 0. The lowest BCUT2D eigenvalue weighted by molar-refractivity contribution is -0.150. The third-order valence-corrected chi connectivity index (χ3v) is 4.93. The summed E-state index contributed by atoms with van der Waals surface area (Å²) in [7, 11) is -3.46. The minimum Gasteiger partial charge on any atom is -0.481 e. The minimum atomic E-state index is -3.46. The van der Waals surface area contributed by atoms with Gasteiger partial charge in [-0.25, -0.2) is 4.72 Å². The molecule has 6 nitrogen and oxygen atoms in total. The summed E-state index contributed by atoms with van der Waals surface area (Å²) in [6.45, 7) is 6.45. The van der Waals surface area contributed by atoms with Gasteiger partial charge < -0.3 is 5.11 Å². The summed E-state index contributed by atoms with van der Waals surface area (Å²) in [6.07, 6.45) is 0.704. The molecule has 1 heterocycles. The average Bonchev–Trinajstić information content (AvgIpc) is 2.27. The van der Waals surface area contributed by atoms with E-state index in [9.17, 15) is 13.2 Å². The van der Waals surface area contributed by atoms with Crippen molar-refractivity contribution in [3.05, 3.63) is 0 Å². The van der Waals surface area contributed by atoms with Gasteiger partial charge in [-0.05, 0) is 25.7 Å². The normalized spacial score (nSPS) is 21.1. The first-order valence-electron chi connectivity index (χ1n) is 6.15. The summed E-state index contributed by atoms with van der Waals surface area (Å²) in [5, 5.41) is 9.08. The quantitative estimate of drug-likeness (QED) is 0.773. The summed E-state index contributed by atoms with van der Waals surface area (Å²) < 4.78 is 27.7. The average molecular weight is 278 g/mol. The Labute approximate surface area is 109 Å². The predicted octanol–water partition coefficient (Wildman–Crippen LogP) is 0.663. The van der Waals surface area contributed by atoms with Gasteiger partial charge in [-0.3, -0.25) is 4.79 Å². The van der Waals surface area contributed by atoms with E-state index in [2.05, 4.69) is 4.72 Å². The molecular formula is C11H22N2O4S. The SMILES string of the molecule is CC(C)CNS(=O)(=O)N1CCC(C)(C(=O)O)CC1. The molecule has 0 atom stereocenters. The molecule has 0 aromatic heterocycles. The van der Waals surface area contributed by atoms with Crippen LogP contribution in [0, 0.1) is 11.3 Å². The first-order valence-corrected chi connectivity index (χ1v) is 7.59. The Bertz CT molecular complexity index is 397. The zero-order valence-corrected chi connectivity index (χ0v) is 12.0. The van der Waals surface area contributed by atoms with Crippen LogP contribution in [-0.4, -0.2) is 43.4 Å². The summed E-state index contributed by atoms with van der Waals surface area (Å²) in [6, 6.07) is 0. The van der Waals surface area contributed by atoms with E-state index in [1.165, 1.54) is 4.31 Å². The molecule has 0 bridgehead atoms. The van der Waals surface area contributed by atoms with E-state index in [4.69, 9.17) is 5.11 Å². The number of piperidine rings is 1. The van der Waals surface area contributed by atoms with Gasteiger partial charge in [0, 0.05) is 19.6 Å². The predicted molar refractivity (Wildman–Crippen MR) is 68.3 cm³/mol. The lowest BCUT2D eigenvalue weighted by Crippen LogP contribution is -2.49. The zero-order valence-electron chi connectivity index (χ0n) is 11.1. The van der Waals surface area contributed by atoms with Gasteiger partial charge in [0.1, 0.15) is 0 Å². The molecular weight excluding hydrogens is 256 g/mol. The van der Waals surface area contributed by atoms with E-state index in [1.54, 1.807) is 6.92 Å². The van der Waals surface area contributed by atoms with Gasteiger partial charge in [0.2, 0.25) is 0 Å². The van der Waals surface area contributed by atoms with Crippen LogP contribution in [0.25, 0.3) is 0 Å². The third kappa shape index (κ3) is 3.66. The molecule has 0 aliphatic carbocycles. The molecule has 18 heavy (non-hydrogen) atoms. The van der Waals surface area contributed by atoms with Crippen molar-refractivity contribution in [3.63, 3.8) is 0 Å². The highest BCUT2D eigenvalue weighted by Crippen LogP contribution is 2.31. The third-order valence-electron chi connectivity index (χ3n) is 3.36. The highest BCUT2D eigenvalue weighted by Gasteiger charge is 2.39. The van der Waals surface area contributed by atoms with Gasteiger partial charge in [-0.2, -0.15) is 12.7 Å². The second kappa shape index (κ2) is 5.54. The Morgan fingerprint density at radius 3 is 2.28 bits per heavy atom. The molecule has 0 spiro atoms. The lowest BCUT2D eigenvalue weighted by atomic mass is 9.81. The molecule has 1 aliphatic heterocycles. The van der Waals surface area contributed by atoms with Crippen molar-refractivity contribution in [2.45, 2.75) is 33.6 Å². The van der Waals surface area contributed by atoms with Crippen LogP contribution in [0.15, 0.2) is 0 Å². The number of hydrogen-bond acceptors (Lipinski definition) is 3. The number of aliphatic carboxylic acids is 1. The van der Waals surface area contributed by atoms with Crippen LogP contribution in [0.1, 0.15) is 33.6 Å². The molecule has 0 aromatic rings. The number of nitrogens with zero attached hydrogens (tertiary/aromatic N) is 1. The van der Waals surface area contributed by atoms with Crippen molar-refractivity contribution in [1.82, 2.24) is 9.03 Å². The fourth-order valence-corrected chi connectivity index (χ4v) is 3.19. The zero-order chi connectivity index (χ0) is 14.0. The largest absolute Gasteiger partial charge is 0.481 e. The molecule has 7 heteroatoms. The van der Waals surface area contributed by atoms with Crippen molar-refractivity contribution in [2.75, 3.05) is 19.6 Å². The highest BCUT2D eigenvalue weighted by molar-refractivity contribution is 7.87. The first kappa shape index (κ1) is 15.4. The molecule has 1 aliphatic rings. The first-order chi connectivity index (χ1) is 8.17. The van der Waals surface area contributed by atoms with E-state index in [-0.39, 0.29) is 19.0 Å². The smallest absolute Gasteiger partial charge is 0.309 e. The summed E-state index contributed by atoms with van der Waals surface area (Å²) in [4.78, 5) is 11.1. The van der Waals surface area contributed by atoms with Crippen LogP contribution in [0.4, 0.5) is 0 Å². The molecule has 106 valence electrons. The van der Waals surface area contributed by atoms with Crippen LogP contribution in [0.5, 0.6) is 0 Å². The van der Waals surface area contributed by atoms with E-state index < -0.39 is 21.6 Å². The molecule has 0 saturated carbocycles. The van der Waals surface area contributed by atoms with E-state index >= 15 is 0 Å². The Hall–Kier alpha value is -0.660. The maximum Gasteiger partial charge on any atom is 0.309 e. The molecule has 0 unspecified atom stereocenters. The van der Waals surface area contributed by atoms with E-state index in [1.807, 2.05) is 13.8 Å². The van der Waals surface area contributed by atoms with Crippen LogP contribution in [-0.2, 0) is 15.0 Å². The molecule has 0 amide bonds. The number of rotatable bonds is 5. The Morgan fingerprint density at radius 1 is 1.39 bits per heavy atom. The van der Waals surface area contributed by atoms with Crippen molar-refractivity contribution in [2.24, 2.45) is 11.3 Å². The fraction of sp³-hybridized carbons (Fsp3) is 0.909. The molecule has 0 radical (unpaired) electrons. The number of carboxylic acid groups (broad SMARTS) is 1. The number of hydrogen-bond donors (Lipinski definition) is 2. The molecule has 1 fully saturated rings. The van der Waals surface area contributed by atoms with Gasteiger partial charge in [0.25, 0.3) is 10.2 Å². The van der Waals surface area contributed by atoms with Crippen LogP contribution >= 0.6 is 0 Å². The molecule has 2 N–H and O–H groups in total. The number of carboxylic acids is 1. The van der Waals surface area contributed by atoms with Crippen LogP contribution in [0.2, 0.25) is 0 Å². The maximum absolute atomic E-state index is 11.9. The van der Waals surface area contributed by atoms with Crippen LogP contribution < -0.4 is 4.72 Å². The molecule has 1 rings (SSSR count). The lowest BCUT2D eigenvalue weighted by Gasteiger charge is -2.35. The van der Waals surface area contributed by atoms with Gasteiger partial charge in [-0.15, -0.1) is 0 Å². The number of nitrogens with one attached hydrogen (secondary N) is 1. The van der Waals surface area contributed by atoms with Gasteiger partial charge in [0.05, 0.1) is 5.41 Å². The van der Waals surface area contributed by atoms with Crippen molar-refractivity contribution in [1.29, 1.82) is 0 Å². The maximum atomic E-state index is 11.9. The Morgan fingerprint density at radius 2 is 1.89 bits per heavy atom. The highest BCUT2D eigenvalue weighted by atomic mass is 32.2. The van der Waals surface area contributed by atoms with Crippen LogP contribution in [0.3, 0.4) is 0 Å². The molecule has 1 saturated heterocycles. The van der Waals surface area contributed by atoms with Gasteiger partial charge >= 0.3 is 5.97 Å². The Kier molecular flexibility index (Phi) is 4.74. The van der Waals surface area contributed by atoms with Gasteiger partial charge in [0.15, 0.2) is 0 Å². The van der Waals surface area contributed by atoms with Crippen molar-refractivity contribution >= 4 is 16.2 Å². The second-order valence-corrected chi connectivity index (χ2v) is 7.27. The fourth-order valence-electron chi connectivity index (χ4n) is 1.80. The minimum absolute atomic E-state index is 0.244.